The summed E-state index contributed by atoms with van der Waals surface area (Å²) in [4.78, 5) is 17.2. The molecule has 4 atom stereocenters. The van der Waals surface area contributed by atoms with Crippen molar-refractivity contribution in [2.45, 2.75) is 50.4 Å². The van der Waals surface area contributed by atoms with Crippen molar-refractivity contribution >= 4 is 5.91 Å². The Balaban J connectivity index is 1.38. The van der Waals surface area contributed by atoms with E-state index in [0.29, 0.717) is 18.0 Å². The first-order valence-electron chi connectivity index (χ1n) is 8.82. The molecule has 0 N–H and O–H groups in total. The Morgan fingerprint density at radius 1 is 1.39 bits per heavy atom. The number of aromatic nitrogens is 2. The van der Waals surface area contributed by atoms with Crippen LogP contribution in [0.4, 0.5) is 0 Å². The molecule has 3 aliphatic heterocycles. The van der Waals surface area contributed by atoms with Crippen LogP contribution in [0.25, 0.3) is 0 Å². The molecule has 6 heteroatoms. The van der Waals surface area contributed by atoms with Crippen molar-refractivity contribution in [3.8, 4) is 0 Å². The largest absolute Gasteiger partial charge is 0.368 e. The summed E-state index contributed by atoms with van der Waals surface area (Å²) in [5, 5.41) is 4.34. The highest BCUT2D eigenvalue weighted by atomic mass is 16.5. The number of amides is 1. The van der Waals surface area contributed by atoms with Gasteiger partial charge in [0.25, 0.3) is 5.91 Å². The van der Waals surface area contributed by atoms with E-state index in [1.165, 1.54) is 0 Å². The molecule has 0 radical (unpaired) electrons. The summed E-state index contributed by atoms with van der Waals surface area (Å²) in [7, 11) is 2.23. The molecule has 23 heavy (non-hydrogen) atoms. The summed E-state index contributed by atoms with van der Waals surface area (Å²) >= 11 is 0. The van der Waals surface area contributed by atoms with E-state index in [-0.39, 0.29) is 12.0 Å². The third kappa shape index (κ3) is 2.90. The van der Waals surface area contributed by atoms with Gasteiger partial charge in [0.2, 0.25) is 0 Å². The average molecular weight is 318 g/mol. The second kappa shape index (κ2) is 6.24. The molecule has 1 amide bonds. The monoisotopic (exact) mass is 318 g/mol. The number of fused-ring (bicyclic) bond motifs is 1. The van der Waals surface area contributed by atoms with Crippen LogP contribution in [0.2, 0.25) is 0 Å². The van der Waals surface area contributed by atoms with Crippen molar-refractivity contribution in [3.63, 3.8) is 0 Å². The molecule has 3 fully saturated rings. The maximum absolute atomic E-state index is 12.6. The molecule has 1 aromatic rings. The first-order valence-corrected chi connectivity index (χ1v) is 8.82. The fourth-order valence-corrected chi connectivity index (χ4v) is 4.58. The van der Waals surface area contributed by atoms with Crippen molar-refractivity contribution in [1.82, 2.24) is 19.6 Å². The highest BCUT2D eigenvalue weighted by Gasteiger charge is 2.43. The molecule has 0 aromatic carbocycles. The Labute approximate surface area is 137 Å². The fraction of sp³-hybridized carbons (Fsp3) is 0.765. The van der Waals surface area contributed by atoms with Crippen LogP contribution >= 0.6 is 0 Å². The third-order valence-electron chi connectivity index (χ3n) is 5.84. The number of piperidine rings is 1. The smallest absolute Gasteiger partial charge is 0.251 e. The zero-order chi connectivity index (χ0) is 15.8. The van der Waals surface area contributed by atoms with Crippen LogP contribution < -0.4 is 0 Å². The van der Waals surface area contributed by atoms with Crippen molar-refractivity contribution in [2.24, 2.45) is 5.92 Å². The number of hydrogen-bond donors (Lipinski definition) is 0. The zero-order valence-electron chi connectivity index (χ0n) is 13.8. The normalized spacial score (nSPS) is 34.7. The number of nitrogens with zero attached hydrogens (tertiary/aromatic N) is 4. The lowest BCUT2D eigenvalue weighted by atomic mass is 9.91. The summed E-state index contributed by atoms with van der Waals surface area (Å²) in [5.74, 6) is 0.804. The molecule has 0 bridgehead atoms. The van der Waals surface area contributed by atoms with E-state index in [2.05, 4.69) is 21.9 Å². The molecule has 4 rings (SSSR count). The van der Waals surface area contributed by atoms with E-state index >= 15 is 0 Å². The van der Waals surface area contributed by atoms with E-state index in [0.717, 1.165) is 51.9 Å². The van der Waals surface area contributed by atoms with Gasteiger partial charge in [-0.15, -0.1) is 0 Å². The van der Waals surface area contributed by atoms with Crippen molar-refractivity contribution < 1.29 is 9.53 Å². The molecule has 3 saturated heterocycles. The molecule has 0 aliphatic carbocycles. The Morgan fingerprint density at radius 3 is 3.04 bits per heavy atom. The summed E-state index contributed by atoms with van der Waals surface area (Å²) in [5.41, 5.74) is 0. The van der Waals surface area contributed by atoms with Gasteiger partial charge >= 0.3 is 0 Å². The lowest BCUT2D eigenvalue weighted by molar-refractivity contribution is -0.143. The predicted octanol–water partition coefficient (Wildman–Crippen LogP) is 0.983. The Kier molecular flexibility index (Phi) is 4.11. The van der Waals surface area contributed by atoms with Gasteiger partial charge in [0.1, 0.15) is 6.10 Å². The number of carbonyl (C=O) groups excluding carboxylic acids is 1. The minimum Gasteiger partial charge on any atom is -0.368 e. The van der Waals surface area contributed by atoms with Gasteiger partial charge in [0.15, 0.2) is 0 Å². The van der Waals surface area contributed by atoms with Crippen LogP contribution in [0.1, 0.15) is 25.7 Å². The van der Waals surface area contributed by atoms with Gasteiger partial charge in [0.05, 0.1) is 6.54 Å². The summed E-state index contributed by atoms with van der Waals surface area (Å²) < 4.78 is 7.60. The molecule has 6 nitrogen and oxygen atoms in total. The molecular weight excluding hydrogens is 292 g/mol. The SMILES string of the molecule is CN1C(Cn2cccn2)C[C@H]2CN(C(=O)C3CCCO3)CC[C@H]21. The van der Waals surface area contributed by atoms with Gasteiger partial charge < -0.3 is 9.64 Å². The lowest BCUT2D eigenvalue weighted by Gasteiger charge is -2.38. The van der Waals surface area contributed by atoms with Gasteiger partial charge in [-0.3, -0.25) is 14.4 Å². The summed E-state index contributed by atoms with van der Waals surface area (Å²) in [6, 6.07) is 3.09. The molecule has 0 spiro atoms. The summed E-state index contributed by atoms with van der Waals surface area (Å²) in [6.07, 6.45) is 7.83. The van der Waals surface area contributed by atoms with Gasteiger partial charge in [0, 0.05) is 44.2 Å². The first kappa shape index (κ1) is 15.1. The van der Waals surface area contributed by atoms with Crippen molar-refractivity contribution in [3.05, 3.63) is 18.5 Å². The second-order valence-corrected chi connectivity index (χ2v) is 7.19. The molecular formula is C17H26N4O2. The van der Waals surface area contributed by atoms with E-state index in [1.54, 1.807) is 0 Å². The van der Waals surface area contributed by atoms with E-state index in [9.17, 15) is 4.79 Å². The number of carbonyl (C=O) groups is 1. The van der Waals surface area contributed by atoms with E-state index in [4.69, 9.17) is 4.74 Å². The van der Waals surface area contributed by atoms with E-state index in [1.807, 2.05) is 23.1 Å². The Morgan fingerprint density at radius 2 is 2.30 bits per heavy atom. The van der Waals surface area contributed by atoms with Crippen LogP contribution in [-0.2, 0) is 16.1 Å². The van der Waals surface area contributed by atoms with Gasteiger partial charge in [-0.2, -0.15) is 5.10 Å². The molecule has 1 aromatic heterocycles. The maximum atomic E-state index is 12.6. The minimum atomic E-state index is -0.175. The number of hydrogen-bond acceptors (Lipinski definition) is 4. The van der Waals surface area contributed by atoms with Crippen LogP contribution in [0.5, 0.6) is 0 Å². The quantitative estimate of drug-likeness (QED) is 0.834. The molecule has 4 heterocycles. The van der Waals surface area contributed by atoms with Crippen LogP contribution in [0.15, 0.2) is 18.5 Å². The Hall–Kier alpha value is -1.40. The Bertz CT molecular complexity index is 541. The summed E-state index contributed by atoms with van der Waals surface area (Å²) in [6.45, 7) is 3.45. The van der Waals surface area contributed by atoms with Gasteiger partial charge in [-0.1, -0.05) is 0 Å². The van der Waals surface area contributed by atoms with Gasteiger partial charge in [-0.05, 0) is 44.7 Å². The lowest BCUT2D eigenvalue weighted by Crippen LogP contribution is -2.50. The molecule has 126 valence electrons. The number of ether oxygens (including phenoxy) is 1. The molecule has 0 saturated carbocycles. The minimum absolute atomic E-state index is 0.175. The highest BCUT2D eigenvalue weighted by molar-refractivity contribution is 5.81. The molecule has 2 unspecified atom stereocenters. The standard InChI is InChI=1S/C17H26N4O2/c1-19-14(12-21-7-3-6-18-21)10-13-11-20(8-5-15(13)19)17(22)16-4-2-9-23-16/h3,6-7,13-16H,2,4-5,8-12H2,1H3/t13-,14?,15+,16?/m0/s1. The molecule has 3 aliphatic rings. The highest BCUT2D eigenvalue weighted by Crippen LogP contribution is 2.35. The zero-order valence-corrected chi connectivity index (χ0v) is 13.8. The van der Waals surface area contributed by atoms with Crippen LogP contribution in [-0.4, -0.2) is 70.4 Å². The average Bonchev–Trinajstić information content (AvgIpc) is 3.30. The van der Waals surface area contributed by atoms with Crippen LogP contribution in [0.3, 0.4) is 0 Å². The second-order valence-electron chi connectivity index (χ2n) is 7.19. The van der Waals surface area contributed by atoms with E-state index < -0.39 is 0 Å². The number of likely N-dealkylation sites (tertiary alicyclic amines) is 2. The number of rotatable bonds is 3. The maximum Gasteiger partial charge on any atom is 0.251 e. The van der Waals surface area contributed by atoms with Crippen molar-refractivity contribution in [2.75, 3.05) is 26.7 Å². The van der Waals surface area contributed by atoms with Crippen molar-refractivity contribution in [1.29, 1.82) is 0 Å². The topological polar surface area (TPSA) is 50.6 Å². The third-order valence-corrected chi connectivity index (χ3v) is 5.84. The number of likely N-dealkylation sites (N-methyl/N-ethyl adjacent to an activating group) is 1. The van der Waals surface area contributed by atoms with Gasteiger partial charge in [-0.25, -0.2) is 0 Å². The van der Waals surface area contributed by atoms with Crippen LogP contribution in [0, 0.1) is 5.92 Å². The predicted molar refractivity (Wildman–Crippen MR) is 85.8 cm³/mol. The fourth-order valence-electron chi connectivity index (χ4n) is 4.58. The first-order chi connectivity index (χ1) is 11.2.